The molecule has 0 heterocycles. The van der Waals surface area contributed by atoms with E-state index in [4.69, 9.17) is 9.47 Å². The number of hydrogen-bond acceptors (Lipinski definition) is 3. The molecule has 0 fully saturated rings. The van der Waals surface area contributed by atoms with Crippen LogP contribution in [0.3, 0.4) is 0 Å². The van der Waals surface area contributed by atoms with Crippen LogP contribution in [0.15, 0.2) is 36.4 Å². The molecule has 0 spiro atoms. The van der Waals surface area contributed by atoms with Crippen molar-refractivity contribution in [2.75, 3.05) is 14.2 Å². The molecule has 0 saturated carbocycles. The predicted octanol–water partition coefficient (Wildman–Crippen LogP) is 4.42. The molecular formula is C18H24O3. The van der Waals surface area contributed by atoms with E-state index in [2.05, 4.69) is 6.92 Å². The summed E-state index contributed by atoms with van der Waals surface area (Å²) in [6, 6.07) is 5.69. The summed E-state index contributed by atoms with van der Waals surface area (Å²) in [5.74, 6) is 1.58. The van der Waals surface area contributed by atoms with Gasteiger partial charge in [0.2, 0.25) is 0 Å². The Morgan fingerprint density at radius 3 is 2.52 bits per heavy atom. The van der Waals surface area contributed by atoms with Crippen molar-refractivity contribution in [1.29, 1.82) is 0 Å². The van der Waals surface area contributed by atoms with Gasteiger partial charge in [-0.2, -0.15) is 0 Å². The lowest BCUT2D eigenvalue weighted by molar-refractivity contribution is -0.114. The van der Waals surface area contributed by atoms with Gasteiger partial charge in [-0.15, -0.1) is 0 Å². The van der Waals surface area contributed by atoms with E-state index in [9.17, 15) is 4.79 Å². The normalized spacial score (nSPS) is 11.2. The highest BCUT2D eigenvalue weighted by atomic mass is 16.5. The van der Waals surface area contributed by atoms with Crippen molar-refractivity contribution in [1.82, 2.24) is 0 Å². The lowest BCUT2D eigenvalue weighted by Crippen LogP contribution is -1.91. The van der Waals surface area contributed by atoms with Crippen molar-refractivity contribution in [3.63, 3.8) is 0 Å². The Bertz CT molecular complexity index is 501. The smallest absolute Gasteiger partial charge is 0.161 e. The third-order valence-corrected chi connectivity index (χ3v) is 3.12. The standard InChI is InChI=1S/C18H24O3/c1-4-5-6-10-16(19)11-8-7-9-15-12-13-17(20-2)18(14-15)21-3/h7-9,11-14H,4-6,10H2,1-3H3. The number of benzene rings is 1. The van der Waals surface area contributed by atoms with Gasteiger partial charge in [0.1, 0.15) is 0 Å². The molecule has 0 aromatic heterocycles. The Morgan fingerprint density at radius 2 is 1.86 bits per heavy atom. The Hall–Kier alpha value is -2.03. The summed E-state index contributed by atoms with van der Waals surface area (Å²) < 4.78 is 10.4. The van der Waals surface area contributed by atoms with Gasteiger partial charge in [-0.05, 0) is 30.2 Å². The largest absolute Gasteiger partial charge is 0.493 e. The number of carbonyl (C=O) groups excluding carboxylic acids is 1. The molecule has 21 heavy (non-hydrogen) atoms. The molecule has 0 N–H and O–H groups in total. The number of ketones is 1. The maximum absolute atomic E-state index is 11.6. The SMILES string of the molecule is CCCCCC(=O)C=CC=Cc1ccc(OC)c(OC)c1. The summed E-state index contributed by atoms with van der Waals surface area (Å²) >= 11 is 0. The minimum atomic E-state index is 0.181. The summed E-state index contributed by atoms with van der Waals surface area (Å²) in [6.45, 7) is 2.13. The zero-order chi connectivity index (χ0) is 15.5. The molecule has 0 aliphatic carbocycles. The first kappa shape index (κ1) is 17.0. The number of rotatable bonds is 9. The van der Waals surface area contributed by atoms with Gasteiger partial charge in [0.25, 0.3) is 0 Å². The molecule has 0 radical (unpaired) electrons. The average molecular weight is 288 g/mol. The molecule has 0 aliphatic heterocycles. The fourth-order valence-electron chi connectivity index (χ4n) is 1.92. The van der Waals surface area contributed by atoms with E-state index in [-0.39, 0.29) is 5.78 Å². The Balaban J connectivity index is 2.55. The summed E-state index contributed by atoms with van der Waals surface area (Å²) in [6.07, 6.45) is 11.1. The lowest BCUT2D eigenvalue weighted by Gasteiger charge is -2.07. The molecule has 0 atom stereocenters. The van der Waals surface area contributed by atoms with Gasteiger partial charge in [0.15, 0.2) is 17.3 Å². The summed E-state index contributed by atoms with van der Waals surface area (Å²) in [4.78, 5) is 11.6. The van der Waals surface area contributed by atoms with Crippen LogP contribution in [-0.2, 0) is 4.79 Å². The summed E-state index contributed by atoms with van der Waals surface area (Å²) in [5, 5.41) is 0. The number of allylic oxidation sites excluding steroid dienone is 3. The van der Waals surface area contributed by atoms with Gasteiger partial charge in [-0.1, -0.05) is 44.1 Å². The van der Waals surface area contributed by atoms with Gasteiger partial charge >= 0.3 is 0 Å². The molecule has 0 unspecified atom stereocenters. The molecule has 0 amide bonds. The van der Waals surface area contributed by atoms with Crippen LogP contribution in [-0.4, -0.2) is 20.0 Å². The van der Waals surface area contributed by atoms with Crippen molar-refractivity contribution >= 4 is 11.9 Å². The molecule has 0 saturated heterocycles. The molecule has 3 heteroatoms. The average Bonchev–Trinajstić information content (AvgIpc) is 2.51. The highest BCUT2D eigenvalue weighted by Gasteiger charge is 2.02. The van der Waals surface area contributed by atoms with Crippen molar-refractivity contribution in [3.8, 4) is 11.5 Å². The van der Waals surface area contributed by atoms with Gasteiger partial charge in [-0.25, -0.2) is 0 Å². The van der Waals surface area contributed by atoms with Gasteiger partial charge in [-0.3, -0.25) is 4.79 Å². The molecule has 0 bridgehead atoms. The van der Waals surface area contributed by atoms with Crippen LogP contribution in [0.4, 0.5) is 0 Å². The minimum Gasteiger partial charge on any atom is -0.493 e. The number of methoxy groups -OCH3 is 2. The first-order valence-electron chi connectivity index (χ1n) is 7.30. The Kier molecular flexibility index (Phi) is 7.95. The van der Waals surface area contributed by atoms with Crippen molar-refractivity contribution < 1.29 is 14.3 Å². The number of ether oxygens (including phenoxy) is 2. The van der Waals surface area contributed by atoms with Gasteiger partial charge in [0, 0.05) is 6.42 Å². The second-order valence-corrected chi connectivity index (χ2v) is 4.76. The first-order valence-corrected chi connectivity index (χ1v) is 7.30. The maximum Gasteiger partial charge on any atom is 0.161 e. The van der Waals surface area contributed by atoms with E-state index >= 15 is 0 Å². The molecule has 114 valence electrons. The molecular weight excluding hydrogens is 264 g/mol. The van der Waals surface area contributed by atoms with Crippen LogP contribution in [0.1, 0.15) is 38.2 Å². The minimum absolute atomic E-state index is 0.181. The van der Waals surface area contributed by atoms with Crippen LogP contribution in [0.25, 0.3) is 6.08 Å². The van der Waals surface area contributed by atoms with E-state index in [0.29, 0.717) is 17.9 Å². The predicted molar refractivity (Wildman–Crippen MR) is 86.9 cm³/mol. The number of carbonyl (C=O) groups is 1. The third-order valence-electron chi connectivity index (χ3n) is 3.12. The van der Waals surface area contributed by atoms with E-state index in [1.807, 2.05) is 30.4 Å². The molecule has 0 aliphatic rings. The maximum atomic E-state index is 11.6. The molecule has 3 nitrogen and oxygen atoms in total. The van der Waals surface area contributed by atoms with Crippen molar-refractivity contribution in [2.45, 2.75) is 32.6 Å². The van der Waals surface area contributed by atoms with Gasteiger partial charge in [0.05, 0.1) is 14.2 Å². The first-order chi connectivity index (χ1) is 10.2. The Morgan fingerprint density at radius 1 is 1.10 bits per heavy atom. The van der Waals surface area contributed by atoms with Crippen LogP contribution < -0.4 is 9.47 Å². The zero-order valence-corrected chi connectivity index (χ0v) is 13.1. The topological polar surface area (TPSA) is 35.5 Å². The van der Waals surface area contributed by atoms with E-state index in [1.54, 1.807) is 26.4 Å². The quantitative estimate of drug-likeness (QED) is 0.383. The van der Waals surface area contributed by atoms with Crippen LogP contribution in [0, 0.1) is 0 Å². The highest BCUT2D eigenvalue weighted by molar-refractivity contribution is 5.89. The monoisotopic (exact) mass is 288 g/mol. The second kappa shape index (κ2) is 9.81. The molecule has 1 aromatic rings. The Labute approximate surface area is 127 Å². The highest BCUT2D eigenvalue weighted by Crippen LogP contribution is 2.27. The fraction of sp³-hybridized carbons (Fsp3) is 0.389. The van der Waals surface area contributed by atoms with Crippen LogP contribution in [0.2, 0.25) is 0 Å². The summed E-state index contributed by atoms with van der Waals surface area (Å²) in [5.41, 5.74) is 0.996. The zero-order valence-electron chi connectivity index (χ0n) is 13.1. The lowest BCUT2D eigenvalue weighted by atomic mass is 10.1. The second-order valence-electron chi connectivity index (χ2n) is 4.76. The van der Waals surface area contributed by atoms with E-state index in [1.165, 1.54) is 0 Å². The molecule has 1 aromatic carbocycles. The van der Waals surface area contributed by atoms with Gasteiger partial charge < -0.3 is 9.47 Å². The van der Waals surface area contributed by atoms with Crippen molar-refractivity contribution in [3.05, 3.63) is 42.0 Å². The van der Waals surface area contributed by atoms with Crippen molar-refractivity contribution in [2.24, 2.45) is 0 Å². The van der Waals surface area contributed by atoms with Crippen LogP contribution >= 0.6 is 0 Å². The molecule has 1 rings (SSSR count). The fourth-order valence-corrected chi connectivity index (χ4v) is 1.92. The number of hydrogen-bond donors (Lipinski definition) is 0. The summed E-state index contributed by atoms with van der Waals surface area (Å²) in [7, 11) is 3.22. The van der Waals surface area contributed by atoms with Crippen LogP contribution in [0.5, 0.6) is 11.5 Å². The number of unbranched alkanes of at least 4 members (excludes halogenated alkanes) is 2. The van der Waals surface area contributed by atoms with E-state index < -0.39 is 0 Å². The third kappa shape index (κ3) is 6.30. The van der Waals surface area contributed by atoms with E-state index in [0.717, 1.165) is 24.8 Å².